The molecule has 0 aromatic rings. The average molecular weight is 828 g/mol. The number of hydrogen-bond acceptors (Lipinski definition) is 5. The number of ether oxygens (including phenoxy) is 1. The summed E-state index contributed by atoms with van der Waals surface area (Å²) in [4.78, 5) is 26.1. The minimum absolute atomic E-state index is 0.0489. The zero-order valence-corrected chi connectivity index (χ0v) is 39.1. The smallest absolute Gasteiger partial charge is 0.306 e. The molecule has 59 heavy (non-hydrogen) atoms. The molecule has 0 aliphatic carbocycles. The van der Waals surface area contributed by atoms with E-state index in [1.165, 1.54) is 122 Å². The van der Waals surface area contributed by atoms with Crippen LogP contribution in [0.15, 0.2) is 48.6 Å². The van der Waals surface area contributed by atoms with Crippen LogP contribution in [0, 0.1) is 0 Å². The van der Waals surface area contributed by atoms with E-state index in [2.05, 4.69) is 74.7 Å². The molecule has 0 aromatic heterocycles. The van der Waals surface area contributed by atoms with Crippen LogP contribution in [0.1, 0.15) is 252 Å². The number of esters is 1. The third-order valence-electron chi connectivity index (χ3n) is 11.5. The van der Waals surface area contributed by atoms with Gasteiger partial charge in [0.2, 0.25) is 5.91 Å². The number of carbonyl (C=O) groups is 2. The summed E-state index contributed by atoms with van der Waals surface area (Å²) in [5.41, 5.74) is 0. The van der Waals surface area contributed by atoms with Gasteiger partial charge < -0.3 is 20.3 Å². The number of carbonyl (C=O) groups excluding carboxylic acids is 2. The largest absolute Gasteiger partial charge is 0.462 e. The molecule has 6 heteroatoms. The molecule has 6 nitrogen and oxygen atoms in total. The van der Waals surface area contributed by atoms with Crippen molar-refractivity contribution in [2.75, 3.05) is 6.61 Å². The van der Waals surface area contributed by atoms with Crippen LogP contribution in [0.3, 0.4) is 0 Å². The Labute approximate surface area is 366 Å². The Bertz CT molecular complexity index is 1020. The maximum atomic E-state index is 13.2. The first kappa shape index (κ1) is 56.8. The van der Waals surface area contributed by atoms with Crippen LogP contribution in [-0.2, 0) is 14.3 Å². The second-order valence-electron chi connectivity index (χ2n) is 17.2. The fourth-order valence-corrected chi connectivity index (χ4v) is 7.61. The maximum Gasteiger partial charge on any atom is 0.306 e. The molecule has 344 valence electrons. The highest BCUT2D eigenvalue weighted by Crippen LogP contribution is 2.17. The molecule has 1 amide bonds. The van der Waals surface area contributed by atoms with Gasteiger partial charge in [-0.1, -0.05) is 223 Å². The predicted octanol–water partition coefficient (Wildman–Crippen LogP) is 15.1. The minimum Gasteiger partial charge on any atom is -0.462 e. The van der Waals surface area contributed by atoms with E-state index in [1.54, 1.807) is 0 Å². The van der Waals surface area contributed by atoms with E-state index in [9.17, 15) is 19.8 Å². The standard InChI is InChI=1S/C53H97NO5/c1-4-7-10-13-16-19-22-25-26-28-30-33-36-39-42-45-51(56)50(48-55)54-52(57)47-49(44-41-38-35-32-29-24-21-18-15-12-9-6-3)59-53(58)46-43-40-37-34-31-27-23-20-17-14-11-8-5-2/h8,11,14,17,20,23,32,35,49-51,55-56H,4-7,9-10,12-13,15-16,18-19,21-22,24-31,33-34,36-48H2,1-3H3,(H,54,57)/b11-8+,17-14+,23-20-,35-32-. The Balaban J connectivity index is 4.58. The van der Waals surface area contributed by atoms with Crippen LogP contribution >= 0.6 is 0 Å². The topological polar surface area (TPSA) is 95.9 Å². The summed E-state index contributed by atoms with van der Waals surface area (Å²) in [6.45, 7) is 6.34. The van der Waals surface area contributed by atoms with E-state index >= 15 is 0 Å². The number of allylic oxidation sites excluding steroid dienone is 8. The van der Waals surface area contributed by atoms with Crippen molar-refractivity contribution in [1.82, 2.24) is 5.32 Å². The van der Waals surface area contributed by atoms with Gasteiger partial charge in [-0.15, -0.1) is 0 Å². The molecule has 0 rings (SSSR count). The quantitative estimate of drug-likeness (QED) is 0.0246. The number of hydrogen-bond donors (Lipinski definition) is 3. The summed E-state index contributed by atoms with van der Waals surface area (Å²) in [5.74, 6) is -0.523. The van der Waals surface area contributed by atoms with Gasteiger partial charge in [0, 0.05) is 6.42 Å². The van der Waals surface area contributed by atoms with Crippen LogP contribution in [-0.4, -0.2) is 46.9 Å². The number of unbranched alkanes of at least 4 members (excludes halogenated alkanes) is 27. The van der Waals surface area contributed by atoms with Gasteiger partial charge in [-0.2, -0.15) is 0 Å². The first-order valence-electron chi connectivity index (χ1n) is 25.4. The fourth-order valence-electron chi connectivity index (χ4n) is 7.61. The van der Waals surface area contributed by atoms with E-state index in [0.717, 1.165) is 83.5 Å². The van der Waals surface area contributed by atoms with Gasteiger partial charge >= 0.3 is 5.97 Å². The maximum absolute atomic E-state index is 13.2. The molecule has 0 radical (unpaired) electrons. The number of aliphatic hydroxyl groups excluding tert-OH is 2. The highest BCUT2D eigenvalue weighted by molar-refractivity contribution is 5.77. The van der Waals surface area contributed by atoms with Crippen molar-refractivity contribution < 1.29 is 24.5 Å². The molecule has 3 unspecified atom stereocenters. The van der Waals surface area contributed by atoms with Crippen LogP contribution in [0.2, 0.25) is 0 Å². The normalized spacial score (nSPS) is 13.6. The second-order valence-corrected chi connectivity index (χ2v) is 17.2. The van der Waals surface area contributed by atoms with E-state index in [1.807, 2.05) is 0 Å². The lowest BCUT2D eigenvalue weighted by atomic mass is 10.0. The molecular weight excluding hydrogens is 731 g/mol. The van der Waals surface area contributed by atoms with Crippen LogP contribution in [0.4, 0.5) is 0 Å². The highest BCUT2D eigenvalue weighted by Gasteiger charge is 2.24. The predicted molar refractivity (Wildman–Crippen MR) is 255 cm³/mol. The molecule has 0 aliphatic rings. The lowest BCUT2D eigenvalue weighted by molar-refractivity contribution is -0.151. The molecule has 0 bridgehead atoms. The van der Waals surface area contributed by atoms with Gasteiger partial charge in [-0.3, -0.25) is 9.59 Å². The Kier molecular flexibility index (Phi) is 45.1. The summed E-state index contributed by atoms with van der Waals surface area (Å²) in [7, 11) is 0. The molecule has 0 aliphatic heterocycles. The molecule has 0 heterocycles. The molecule has 0 saturated heterocycles. The van der Waals surface area contributed by atoms with E-state index in [0.29, 0.717) is 19.3 Å². The highest BCUT2D eigenvalue weighted by atomic mass is 16.5. The van der Waals surface area contributed by atoms with Gasteiger partial charge in [-0.05, 0) is 64.2 Å². The Hall–Kier alpha value is -2.18. The fraction of sp³-hybridized carbons (Fsp3) is 0.811. The van der Waals surface area contributed by atoms with E-state index in [-0.39, 0.29) is 24.9 Å². The lowest BCUT2D eigenvalue weighted by Crippen LogP contribution is -2.46. The van der Waals surface area contributed by atoms with Gasteiger partial charge in [-0.25, -0.2) is 0 Å². The molecule has 0 saturated carbocycles. The number of amides is 1. The van der Waals surface area contributed by atoms with Crippen LogP contribution < -0.4 is 5.32 Å². The number of nitrogens with one attached hydrogen (secondary N) is 1. The summed E-state index contributed by atoms with van der Waals surface area (Å²) >= 11 is 0. The average Bonchev–Trinajstić information content (AvgIpc) is 3.23. The van der Waals surface area contributed by atoms with Crippen molar-refractivity contribution >= 4 is 11.9 Å². The Morgan fingerprint density at radius 1 is 0.508 bits per heavy atom. The summed E-state index contributed by atoms with van der Waals surface area (Å²) in [6.07, 6.45) is 56.0. The monoisotopic (exact) mass is 828 g/mol. The van der Waals surface area contributed by atoms with Crippen LogP contribution in [0.25, 0.3) is 0 Å². The number of aliphatic hydroxyl groups is 2. The van der Waals surface area contributed by atoms with Crippen molar-refractivity contribution in [2.24, 2.45) is 0 Å². The third-order valence-corrected chi connectivity index (χ3v) is 11.5. The third kappa shape index (κ3) is 42.3. The molecule has 3 atom stereocenters. The van der Waals surface area contributed by atoms with Crippen molar-refractivity contribution in [1.29, 1.82) is 0 Å². The van der Waals surface area contributed by atoms with Gasteiger partial charge in [0.1, 0.15) is 6.10 Å². The SMILES string of the molecule is CC/C=C/C=C/C=C\CCCCCCCC(=O)OC(CCC/C=C\CCCCCCCCC)CC(=O)NC(CO)C(O)CCCCCCCCCCCCCCCCC. The molecule has 3 N–H and O–H groups in total. The Morgan fingerprint density at radius 3 is 1.46 bits per heavy atom. The van der Waals surface area contributed by atoms with Gasteiger partial charge in [0.25, 0.3) is 0 Å². The molecule has 0 fully saturated rings. The molecular formula is C53H97NO5. The summed E-state index contributed by atoms with van der Waals surface area (Å²) in [5, 5.41) is 23.7. The van der Waals surface area contributed by atoms with Gasteiger partial charge in [0.15, 0.2) is 0 Å². The first-order valence-corrected chi connectivity index (χ1v) is 25.4. The summed E-state index contributed by atoms with van der Waals surface area (Å²) in [6, 6.07) is -0.713. The minimum atomic E-state index is -0.797. The van der Waals surface area contributed by atoms with E-state index < -0.39 is 18.2 Å². The zero-order valence-electron chi connectivity index (χ0n) is 39.1. The van der Waals surface area contributed by atoms with Crippen molar-refractivity contribution in [3.8, 4) is 0 Å². The summed E-state index contributed by atoms with van der Waals surface area (Å²) < 4.78 is 5.89. The molecule has 0 spiro atoms. The first-order chi connectivity index (χ1) is 29.0. The van der Waals surface area contributed by atoms with Crippen molar-refractivity contribution in [2.45, 2.75) is 270 Å². The Morgan fingerprint density at radius 2 is 0.949 bits per heavy atom. The zero-order chi connectivity index (χ0) is 43.1. The lowest BCUT2D eigenvalue weighted by Gasteiger charge is -2.24. The van der Waals surface area contributed by atoms with Gasteiger partial charge in [0.05, 0.1) is 25.2 Å². The van der Waals surface area contributed by atoms with Crippen molar-refractivity contribution in [3.63, 3.8) is 0 Å². The van der Waals surface area contributed by atoms with Crippen molar-refractivity contribution in [3.05, 3.63) is 48.6 Å². The number of rotatable bonds is 45. The van der Waals surface area contributed by atoms with Crippen LogP contribution in [0.5, 0.6) is 0 Å². The second kappa shape index (κ2) is 46.9. The van der Waals surface area contributed by atoms with E-state index in [4.69, 9.17) is 4.74 Å². The molecule has 0 aromatic carbocycles.